The molecule has 0 aliphatic carbocycles. The van der Waals surface area contributed by atoms with Gasteiger partial charge >= 0.3 is 0 Å². The third-order valence-electron chi connectivity index (χ3n) is 11.3. The first-order chi connectivity index (χ1) is 29.2. The Morgan fingerprint density at radius 2 is 0.508 bits per heavy atom. The molecule has 0 amide bonds. The van der Waals surface area contributed by atoms with Crippen LogP contribution in [-0.2, 0) is 0 Å². The molecule has 10 aromatic rings. The maximum absolute atomic E-state index is 2.36. The average molecular weight is 752 g/mol. The molecule has 1 heteroatoms. The molecule has 10 rings (SSSR count). The molecule has 0 fully saturated rings. The zero-order valence-electron chi connectivity index (χ0n) is 32.6. The van der Waals surface area contributed by atoms with Crippen molar-refractivity contribution in [2.75, 3.05) is 4.90 Å². The van der Waals surface area contributed by atoms with Crippen molar-refractivity contribution in [1.29, 1.82) is 0 Å². The first-order valence-electron chi connectivity index (χ1n) is 20.2. The Morgan fingerprint density at radius 1 is 0.203 bits per heavy atom. The van der Waals surface area contributed by atoms with Crippen LogP contribution in [0, 0.1) is 0 Å². The third kappa shape index (κ3) is 7.34. The summed E-state index contributed by atoms with van der Waals surface area (Å²) in [5.41, 5.74) is 17.8. The van der Waals surface area contributed by atoms with Crippen LogP contribution in [0.5, 0.6) is 0 Å². The minimum Gasteiger partial charge on any atom is -0.311 e. The second-order valence-corrected chi connectivity index (χ2v) is 14.9. The summed E-state index contributed by atoms with van der Waals surface area (Å²) >= 11 is 0. The van der Waals surface area contributed by atoms with Crippen molar-refractivity contribution in [3.05, 3.63) is 249 Å². The quantitative estimate of drug-likeness (QED) is 0.142. The standard InChI is InChI=1S/C58H41N/c1-4-12-42(13-5-1)44-20-24-46(25-21-44)48-28-35-53(36-29-48)59(54-37-30-49(31-38-54)47-26-22-45(23-27-47)43-14-6-2-7-15-43)55-39-32-52(33-40-55)58-56-19-11-10-18-51(56)34-41-57(58)50-16-8-3-9-17-50/h1-41H. The van der Waals surface area contributed by atoms with Gasteiger partial charge in [0.25, 0.3) is 0 Å². The molecule has 59 heavy (non-hydrogen) atoms. The zero-order valence-corrected chi connectivity index (χ0v) is 32.6. The number of hydrogen-bond acceptors (Lipinski definition) is 1. The van der Waals surface area contributed by atoms with Crippen molar-refractivity contribution < 1.29 is 0 Å². The van der Waals surface area contributed by atoms with E-state index in [9.17, 15) is 0 Å². The molecule has 0 heterocycles. The highest BCUT2D eigenvalue weighted by Crippen LogP contribution is 2.42. The van der Waals surface area contributed by atoms with Gasteiger partial charge in [-0.15, -0.1) is 0 Å². The van der Waals surface area contributed by atoms with Crippen LogP contribution < -0.4 is 4.90 Å². The predicted octanol–water partition coefficient (Wildman–Crippen LogP) is 16.3. The molecule has 0 saturated carbocycles. The van der Waals surface area contributed by atoms with E-state index in [0.717, 1.165) is 17.1 Å². The van der Waals surface area contributed by atoms with Gasteiger partial charge in [-0.25, -0.2) is 0 Å². The Labute approximate surface area is 346 Å². The molecule has 0 atom stereocenters. The van der Waals surface area contributed by atoms with E-state index in [0.29, 0.717) is 0 Å². The minimum absolute atomic E-state index is 1.09. The molecular formula is C58H41N. The summed E-state index contributed by atoms with van der Waals surface area (Å²) in [6, 6.07) is 89.7. The number of anilines is 3. The van der Waals surface area contributed by atoms with Crippen molar-refractivity contribution in [3.8, 4) is 66.8 Å². The SMILES string of the molecule is c1ccc(-c2ccc(-c3ccc(N(c4ccc(-c5ccc(-c6ccccc6)cc5)cc4)c4ccc(-c5c(-c6ccccc6)ccc6ccccc56)cc4)cc3)cc2)cc1. The van der Waals surface area contributed by atoms with Crippen LogP contribution in [0.4, 0.5) is 17.1 Å². The van der Waals surface area contributed by atoms with Gasteiger partial charge in [-0.1, -0.05) is 212 Å². The second kappa shape index (κ2) is 16.0. The number of benzene rings is 10. The van der Waals surface area contributed by atoms with Gasteiger partial charge in [0.1, 0.15) is 0 Å². The molecule has 0 aliphatic heterocycles. The van der Waals surface area contributed by atoms with Gasteiger partial charge in [0.05, 0.1) is 0 Å². The molecule has 0 saturated heterocycles. The van der Waals surface area contributed by atoms with Crippen molar-refractivity contribution >= 4 is 27.8 Å². The van der Waals surface area contributed by atoms with E-state index in [1.165, 1.54) is 77.5 Å². The summed E-state index contributed by atoms with van der Waals surface area (Å²) in [4.78, 5) is 2.36. The molecule has 10 aromatic carbocycles. The van der Waals surface area contributed by atoms with E-state index >= 15 is 0 Å². The molecule has 0 unspecified atom stereocenters. The third-order valence-corrected chi connectivity index (χ3v) is 11.3. The van der Waals surface area contributed by atoms with Gasteiger partial charge in [-0.2, -0.15) is 0 Å². The largest absolute Gasteiger partial charge is 0.311 e. The van der Waals surface area contributed by atoms with Gasteiger partial charge in [0, 0.05) is 17.1 Å². The molecule has 0 aliphatic rings. The Morgan fingerprint density at radius 3 is 0.915 bits per heavy atom. The molecule has 1 nitrogen and oxygen atoms in total. The molecule has 0 bridgehead atoms. The molecule has 0 aromatic heterocycles. The Hall–Kier alpha value is -7.74. The monoisotopic (exact) mass is 751 g/mol. The van der Waals surface area contributed by atoms with Crippen molar-refractivity contribution in [1.82, 2.24) is 0 Å². The number of nitrogens with zero attached hydrogens (tertiary/aromatic N) is 1. The lowest BCUT2D eigenvalue weighted by Gasteiger charge is -2.26. The molecule has 278 valence electrons. The van der Waals surface area contributed by atoms with Crippen molar-refractivity contribution in [2.45, 2.75) is 0 Å². The Balaban J connectivity index is 1.01. The average Bonchev–Trinajstić information content (AvgIpc) is 3.33. The van der Waals surface area contributed by atoms with Crippen molar-refractivity contribution in [2.24, 2.45) is 0 Å². The van der Waals surface area contributed by atoms with Crippen LogP contribution in [0.15, 0.2) is 249 Å². The van der Waals surface area contributed by atoms with Crippen LogP contribution in [0.1, 0.15) is 0 Å². The molecule has 0 radical (unpaired) electrons. The predicted molar refractivity (Wildman–Crippen MR) is 251 cm³/mol. The fourth-order valence-corrected chi connectivity index (χ4v) is 8.24. The minimum atomic E-state index is 1.09. The van der Waals surface area contributed by atoms with E-state index in [1.807, 2.05) is 0 Å². The summed E-state index contributed by atoms with van der Waals surface area (Å²) in [7, 11) is 0. The van der Waals surface area contributed by atoms with E-state index in [1.54, 1.807) is 0 Å². The zero-order chi connectivity index (χ0) is 39.4. The first-order valence-corrected chi connectivity index (χ1v) is 20.2. The highest BCUT2D eigenvalue weighted by molar-refractivity contribution is 6.04. The fourth-order valence-electron chi connectivity index (χ4n) is 8.24. The van der Waals surface area contributed by atoms with Gasteiger partial charge in [-0.05, 0) is 114 Å². The lowest BCUT2D eigenvalue weighted by Crippen LogP contribution is -2.09. The Kier molecular flexibility index (Phi) is 9.68. The van der Waals surface area contributed by atoms with Crippen LogP contribution in [-0.4, -0.2) is 0 Å². The summed E-state index contributed by atoms with van der Waals surface area (Å²) in [5, 5.41) is 2.48. The van der Waals surface area contributed by atoms with Gasteiger partial charge in [-0.3, -0.25) is 0 Å². The molecular weight excluding hydrogens is 711 g/mol. The van der Waals surface area contributed by atoms with Crippen LogP contribution in [0.25, 0.3) is 77.5 Å². The maximum Gasteiger partial charge on any atom is 0.0462 e. The number of rotatable bonds is 9. The fraction of sp³-hybridized carbons (Fsp3) is 0. The van der Waals surface area contributed by atoms with E-state index in [-0.39, 0.29) is 0 Å². The first kappa shape index (κ1) is 35.7. The van der Waals surface area contributed by atoms with E-state index in [2.05, 4.69) is 254 Å². The lowest BCUT2D eigenvalue weighted by atomic mass is 9.89. The second-order valence-electron chi connectivity index (χ2n) is 14.9. The van der Waals surface area contributed by atoms with E-state index in [4.69, 9.17) is 0 Å². The van der Waals surface area contributed by atoms with Crippen LogP contribution >= 0.6 is 0 Å². The molecule has 0 N–H and O–H groups in total. The lowest BCUT2D eigenvalue weighted by molar-refractivity contribution is 1.28. The number of hydrogen-bond donors (Lipinski definition) is 0. The smallest absolute Gasteiger partial charge is 0.0462 e. The molecule has 0 spiro atoms. The van der Waals surface area contributed by atoms with Gasteiger partial charge < -0.3 is 4.90 Å². The highest BCUT2D eigenvalue weighted by Gasteiger charge is 2.16. The summed E-state index contributed by atoms with van der Waals surface area (Å²) in [6.07, 6.45) is 0. The normalized spacial score (nSPS) is 11.1. The maximum atomic E-state index is 2.36. The van der Waals surface area contributed by atoms with Crippen molar-refractivity contribution in [3.63, 3.8) is 0 Å². The highest BCUT2D eigenvalue weighted by atomic mass is 15.1. The Bertz CT molecular complexity index is 2830. The summed E-state index contributed by atoms with van der Waals surface area (Å²) < 4.78 is 0. The van der Waals surface area contributed by atoms with E-state index < -0.39 is 0 Å². The summed E-state index contributed by atoms with van der Waals surface area (Å²) in [5.74, 6) is 0. The summed E-state index contributed by atoms with van der Waals surface area (Å²) in [6.45, 7) is 0. The van der Waals surface area contributed by atoms with Gasteiger partial charge in [0.2, 0.25) is 0 Å². The van der Waals surface area contributed by atoms with Crippen LogP contribution in [0.3, 0.4) is 0 Å². The number of fused-ring (bicyclic) bond motifs is 1. The van der Waals surface area contributed by atoms with Crippen LogP contribution in [0.2, 0.25) is 0 Å². The van der Waals surface area contributed by atoms with Gasteiger partial charge in [0.15, 0.2) is 0 Å². The topological polar surface area (TPSA) is 3.24 Å².